The number of benzene rings is 2. The number of halogens is 1. The number of nitrogens with one attached hydrogen (secondary N) is 2. The van der Waals surface area contributed by atoms with E-state index in [1.807, 2.05) is 12.1 Å². The highest BCUT2D eigenvalue weighted by Crippen LogP contribution is 2.28. The fraction of sp³-hybridized carbons (Fsp3) is 0.176. The van der Waals surface area contributed by atoms with Gasteiger partial charge in [0.05, 0.1) is 18.6 Å². The minimum atomic E-state index is -0.185. The van der Waals surface area contributed by atoms with E-state index in [1.165, 1.54) is 25.8 Å². The van der Waals surface area contributed by atoms with Gasteiger partial charge in [-0.2, -0.15) is 0 Å². The monoisotopic (exact) mass is 364 g/mol. The summed E-state index contributed by atoms with van der Waals surface area (Å²) in [6, 6.07) is 12.3. The lowest BCUT2D eigenvalue weighted by atomic mass is 10.2. The highest BCUT2D eigenvalue weighted by molar-refractivity contribution is 8.00. The van der Waals surface area contributed by atoms with E-state index in [-0.39, 0.29) is 17.6 Å². The molecular weight excluding hydrogens is 348 g/mol. The Bertz CT molecular complexity index is 735. The molecule has 0 bridgehead atoms. The van der Waals surface area contributed by atoms with Crippen molar-refractivity contribution in [2.24, 2.45) is 0 Å². The minimum Gasteiger partial charge on any atom is -0.495 e. The lowest BCUT2D eigenvalue weighted by Gasteiger charge is -2.12. The first kappa shape index (κ1) is 18.2. The van der Waals surface area contributed by atoms with Crippen molar-refractivity contribution in [2.45, 2.75) is 11.8 Å². The Kier molecular flexibility index (Phi) is 6.52. The smallest absolute Gasteiger partial charge is 0.234 e. The maximum absolute atomic E-state index is 12.2. The standard InChI is InChI=1S/C17H17ClN2O3S/c1-11(21)19-13-5-8-16(23-2)15(9-13)20-17(22)10-24-14-6-3-12(18)4-7-14/h3-9H,10H2,1-2H3,(H,19,21)(H,20,22). The summed E-state index contributed by atoms with van der Waals surface area (Å²) < 4.78 is 5.23. The average molecular weight is 365 g/mol. The van der Waals surface area contributed by atoms with Crippen LogP contribution in [0.3, 0.4) is 0 Å². The molecular formula is C17H17ClN2O3S. The van der Waals surface area contributed by atoms with Crippen molar-refractivity contribution in [1.82, 2.24) is 0 Å². The summed E-state index contributed by atoms with van der Waals surface area (Å²) in [6.45, 7) is 1.42. The molecule has 126 valence electrons. The first-order chi connectivity index (χ1) is 11.5. The van der Waals surface area contributed by atoms with Crippen LogP contribution in [0.15, 0.2) is 47.4 Å². The predicted molar refractivity (Wildman–Crippen MR) is 98.1 cm³/mol. The van der Waals surface area contributed by atoms with E-state index in [2.05, 4.69) is 10.6 Å². The van der Waals surface area contributed by atoms with Gasteiger partial charge < -0.3 is 15.4 Å². The van der Waals surface area contributed by atoms with Crippen molar-refractivity contribution in [3.63, 3.8) is 0 Å². The summed E-state index contributed by atoms with van der Waals surface area (Å²) >= 11 is 7.24. The highest BCUT2D eigenvalue weighted by atomic mass is 35.5. The second-order valence-corrected chi connectivity index (χ2v) is 6.37. The second-order valence-electron chi connectivity index (χ2n) is 4.89. The SMILES string of the molecule is COc1ccc(NC(C)=O)cc1NC(=O)CSc1ccc(Cl)cc1. The largest absolute Gasteiger partial charge is 0.495 e. The first-order valence-electron chi connectivity index (χ1n) is 7.12. The van der Waals surface area contributed by atoms with Crippen molar-refractivity contribution in [2.75, 3.05) is 23.5 Å². The minimum absolute atomic E-state index is 0.173. The molecule has 0 spiro atoms. The number of rotatable bonds is 6. The van der Waals surface area contributed by atoms with Crippen LogP contribution in [0.4, 0.5) is 11.4 Å². The molecule has 0 heterocycles. The lowest BCUT2D eigenvalue weighted by Crippen LogP contribution is -2.15. The molecule has 0 aliphatic carbocycles. The fourth-order valence-electron chi connectivity index (χ4n) is 1.95. The van der Waals surface area contributed by atoms with Gasteiger partial charge in [-0.05, 0) is 42.5 Å². The third-order valence-electron chi connectivity index (χ3n) is 2.98. The zero-order chi connectivity index (χ0) is 17.5. The molecule has 2 aromatic carbocycles. The summed E-state index contributed by atoms with van der Waals surface area (Å²) in [7, 11) is 1.52. The van der Waals surface area contributed by atoms with E-state index in [9.17, 15) is 9.59 Å². The molecule has 0 aliphatic heterocycles. The van der Waals surface area contributed by atoms with Gasteiger partial charge in [-0.15, -0.1) is 11.8 Å². The number of hydrogen-bond donors (Lipinski definition) is 2. The summed E-state index contributed by atoms with van der Waals surface area (Å²) in [4.78, 5) is 24.2. The quantitative estimate of drug-likeness (QED) is 0.759. The summed E-state index contributed by atoms with van der Waals surface area (Å²) in [5.74, 6) is 0.410. The fourth-order valence-corrected chi connectivity index (χ4v) is 2.78. The Morgan fingerprint density at radius 2 is 1.83 bits per heavy atom. The Labute approximate surface area is 149 Å². The van der Waals surface area contributed by atoms with Gasteiger partial charge in [0, 0.05) is 22.5 Å². The molecule has 2 rings (SSSR count). The van der Waals surface area contributed by atoms with E-state index >= 15 is 0 Å². The van der Waals surface area contributed by atoms with Gasteiger partial charge in [-0.3, -0.25) is 9.59 Å². The normalized spacial score (nSPS) is 10.1. The van der Waals surface area contributed by atoms with Crippen LogP contribution in [0.25, 0.3) is 0 Å². The predicted octanol–water partition coefficient (Wildman–Crippen LogP) is 4.04. The van der Waals surface area contributed by atoms with Crippen LogP contribution in [0.5, 0.6) is 5.75 Å². The molecule has 24 heavy (non-hydrogen) atoms. The van der Waals surface area contributed by atoms with Crippen LogP contribution in [-0.4, -0.2) is 24.7 Å². The van der Waals surface area contributed by atoms with E-state index in [0.717, 1.165) is 4.90 Å². The van der Waals surface area contributed by atoms with Crippen molar-refractivity contribution in [1.29, 1.82) is 0 Å². The van der Waals surface area contributed by atoms with Crippen LogP contribution in [0.2, 0.25) is 5.02 Å². The molecule has 2 aromatic rings. The molecule has 0 unspecified atom stereocenters. The van der Waals surface area contributed by atoms with Crippen LogP contribution in [0.1, 0.15) is 6.92 Å². The maximum Gasteiger partial charge on any atom is 0.234 e. The van der Waals surface area contributed by atoms with Crippen molar-refractivity contribution < 1.29 is 14.3 Å². The molecule has 0 radical (unpaired) electrons. The number of carbonyl (C=O) groups excluding carboxylic acids is 2. The molecule has 0 saturated heterocycles. The summed E-state index contributed by atoms with van der Waals surface area (Å²) in [6.07, 6.45) is 0. The summed E-state index contributed by atoms with van der Waals surface area (Å²) in [5, 5.41) is 6.12. The molecule has 7 heteroatoms. The molecule has 0 atom stereocenters. The molecule has 0 aromatic heterocycles. The number of carbonyl (C=O) groups is 2. The van der Waals surface area contributed by atoms with E-state index in [0.29, 0.717) is 22.1 Å². The lowest BCUT2D eigenvalue weighted by molar-refractivity contribution is -0.114. The van der Waals surface area contributed by atoms with Gasteiger partial charge in [-0.25, -0.2) is 0 Å². The molecule has 2 N–H and O–H groups in total. The molecule has 0 aliphatic rings. The van der Waals surface area contributed by atoms with Crippen LogP contribution >= 0.6 is 23.4 Å². The Morgan fingerprint density at radius 1 is 1.12 bits per heavy atom. The van der Waals surface area contributed by atoms with Crippen molar-refractivity contribution in [3.05, 3.63) is 47.5 Å². The molecule has 5 nitrogen and oxygen atoms in total. The Hall–Kier alpha value is -2.18. The second kappa shape index (κ2) is 8.61. The molecule has 2 amide bonds. The van der Waals surface area contributed by atoms with Crippen LogP contribution < -0.4 is 15.4 Å². The first-order valence-corrected chi connectivity index (χ1v) is 8.48. The number of amides is 2. The Balaban J connectivity index is 2.01. The summed E-state index contributed by atoms with van der Waals surface area (Å²) in [5.41, 5.74) is 1.09. The maximum atomic E-state index is 12.2. The highest BCUT2D eigenvalue weighted by Gasteiger charge is 2.10. The van der Waals surface area contributed by atoms with E-state index in [1.54, 1.807) is 30.3 Å². The van der Waals surface area contributed by atoms with E-state index < -0.39 is 0 Å². The molecule has 0 saturated carbocycles. The van der Waals surface area contributed by atoms with Crippen LogP contribution in [-0.2, 0) is 9.59 Å². The number of anilines is 2. The van der Waals surface area contributed by atoms with Gasteiger partial charge >= 0.3 is 0 Å². The number of methoxy groups -OCH3 is 1. The van der Waals surface area contributed by atoms with Gasteiger partial charge in [0.2, 0.25) is 11.8 Å². The number of hydrogen-bond acceptors (Lipinski definition) is 4. The number of ether oxygens (including phenoxy) is 1. The van der Waals surface area contributed by atoms with Gasteiger partial charge in [0.15, 0.2) is 0 Å². The number of thioether (sulfide) groups is 1. The third kappa shape index (κ3) is 5.47. The topological polar surface area (TPSA) is 67.4 Å². The zero-order valence-electron chi connectivity index (χ0n) is 13.3. The van der Waals surface area contributed by atoms with Gasteiger partial charge in [0.25, 0.3) is 0 Å². The van der Waals surface area contributed by atoms with Crippen LogP contribution in [0, 0.1) is 0 Å². The zero-order valence-corrected chi connectivity index (χ0v) is 14.8. The van der Waals surface area contributed by atoms with Crippen molar-refractivity contribution >= 4 is 46.6 Å². The average Bonchev–Trinajstić information content (AvgIpc) is 2.54. The van der Waals surface area contributed by atoms with Gasteiger partial charge in [-0.1, -0.05) is 11.6 Å². The third-order valence-corrected chi connectivity index (χ3v) is 4.24. The van der Waals surface area contributed by atoms with Gasteiger partial charge in [0.1, 0.15) is 5.75 Å². The molecule has 0 fully saturated rings. The van der Waals surface area contributed by atoms with Crippen molar-refractivity contribution in [3.8, 4) is 5.75 Å². The van der Waals surface area contributed by atoms with E-state index in [4.69, 9.17) is 16.3 Å². The Morgan fingerprint density at radius 3 is 2.46 bits per heavy atom.